The van der Waals surface area contributed by atoms with Crippen molar-refractivity contribution in [2.45, 2.75) is 42.8 Å². The van der Waals surface area contributed by atoms with Crippen LogP contribution in [0.3, 0.4) is 0 Å². The molecule has 0 radical (unpaired) electrons. The van der Waals surface area contributed by atoms with E-state index in [1.807, 2.05) is 49.4 Å². The second-order valence-electron chi connectivity index (χ2n) is 7.59. The van der Waals surface area contributed by atoms with Gasteiger partial charge >= 0.3 is 0 Å². The van der Waals surface area contributed by atoms with E-state index < -0.39 is 0 Å². The lowest BCUT2D eigenvalue weighted by Crippen LogP contribution is -2.15. The summed E-state index contributed by atoms with van der Waals surface area (Å²) in [4.78, 5) is 16.3. The summed E-state index contributed by atoms with van der Waals surface area (Å²) in [6.07, 6.45) is 3.95. The zero-order valence-corrected chi connectivity index (χ0v) is 18.5. The Kier molecular flexibility index (Phi) is 5.46. The maximum atomic E-state index is 13.1. The molecule has 1 saturated carbocycles. The zero-order chi connectivity index (χ0) is 21.4. The third-order valence-corrected chi connectivity index (χ3v) is 6.72. The van der Waals surface area contributed by atoms with E-state index in [1.165, 1.54) is 11.8 Å². The monoisotopic (exact) mass is 452 g/mol. The van der Waals surface area contributed by atoms with Crippen molar-refractivity contribution in [1.29, 1.82) is 0 Å². The SMILES string of the molecule is CC(Sc1nnc(COc2ccccc2Cl)n1C1CC1)C(=O)c1c[nH]c2ccccc12. The average Bonchev–Trinajstić information content (AvgIpc) is 3.40. The van der Waals surface area contributed by atoms with Crippen LogP contribution in [0.25, 0.3) is 10.9 Å². The number of carbonyl (C=O) groups is 1. The molecule has 0 saturated heterocycles. The van der Waals surface area contributed by atoms with E-state index in [-0.39, 0.29) is 17.6 Å². The number of ether oxygens (including phenoxy) is 1. The number of thioether (sulfide) groups is 1. The fraction of sp³-hybridized carbons (Fsp3) is 0.261. The van der Waals surface area contributed by atoms with Gasteiger partial charge in [0, 0.05) is 28.7 Å². The molecule has 6 nitrogen and oxygen atoms in total. The first kappa shape index (κ1) is 20.2. The van der Waals surface area contributed by atoms with Gasteiger partial charge in [0.15, 0.2) is 16.8 Å². The van der Waals surface area contributed by atoms with Crippen LogP contribution in [-0.2, 0) is 6.61 Å². The molecule has 2 aromatic carbocycles. The van der Waals surface area contributed by atoms with Crippen LogP contribution in [0.2, 0.25) is 5.02 Å². The van der Waals surface area contributed by atoms with Crippen molar-refractivity contribution >= 4 is 40.0 Å². The van der Waals surface area contributed by atoms with Gasteiger partial charge in [-0.05, 0) is 38.0 Å². The molecular weight excluding hydrogens is 432 g/mol. The summed E-state index contributed by atoms with van der Waals surface area (Å²) in [5.41, 5.74) is 1.67. The molecule has 31 heavy (non-hydrogen) atoms. The molecule has 4 aromatic rings. The highest BCUT2D eigenvalue weighted by atomic mass is 35.5. The molecule has 1 aliphatic carbocycles. The van der Waals surface area contributed by atoms with Gasteiger partial charge in [0.05, 0.1) is 10.3 Å². The molecule has 1 unspecified atom stereocenters. The number of hydrogen-bond donors (Lipinski definition) is 1. The Labute approximate surface area is 189 Å². The fourth-order valence-corrected chi connectivity index (χ4v) is 4.79. The summed E-state index contributed by atoms with van der Waals surface area (Å²) >= 11 is 7.64. The second kappa shape index (κ2) is 8.40. The van der Waals surface area contributed by atoms with E-state index in [1.54, 1.807) is 12.3 Å². The Morgan fingerprint density at radius 3 is 2.81 bits per heavy atom. The number of para-hydroxylation sites is 2. The normalized spacial score (nSPS) is 14.6. The first-order valence-corrected chi connectivity index (χ1v) is 11.5. The Hall–Kier alpha value is -2.77. The zero-order valence-electron chi connectivity index (χ0n) is 16.9. The quantitative estimate of drug-likeness (QED) is 0.274. The van der Waals surface area contributed by atoms with E-state index >= 15 is 0 Å². The molecule has 0 aliphatic heterocycles. The number of Topliss-reactive ketones (excluding diaryl/α,β-unsaturated/α-hetero) is 1. The third kappa shape index (κ3) is 4.07. The highest BCUT2D eigenvalue weighted by Gasteiger charge is 2.31. The van der Waals surface area contributed by atoms with Crippen LogP contribution in [0, 0.1) is 0 Å². The van der Waals surface area contributed by atoms with Crippen LogP contribution < -0.4 is 4.74 Å². The van der Waals surface area contributed by atoms with E-state index in [0.29, 0.717) is 22.4 Å². The lowest BCUT2D eigenvalue weighted by atomic mass is 10.1. The minimum Gasteiger partial charge on any atom is -0.484 e. The van der Waals surface area contributed by atoms with Crippen molar-refractivity contribution in [2.75, 3.05) is 0 Å². The molecule has 158 valence electrons. The van der Waals surface area contributed by atoms with Gasteiger partial charge in [-0.25, -0.2) is 0 Å². The molecule has 0 spiro atoms. The van der Waals surface area contributed by atoms with Crippen LogP contribution in [-0.4, -0.2) is 30.8 Å². The summed E-state index contributed by atoms with van der Waals surface area (Å²) in [6.45, 7) is 2.19. The highest BCUT2D eigenvalue weighted by molar-refractivity contribution is 8.00. The van der Waals surface area contributed by atoms with Crippen molar-refractivity contribution < 1.29 is 9.53 Å². The summed E-state index contributed by atoms with van der Waals surface area (Å²) in [5.74, 6) is 1.44. The standard InChI is InChI=1S/C23H21ClN4O2S/c1-14(22(29)17-12-25-19-8-4-2-6-16(17)19)31-23-27-26-21(28(23)15-10-11-15)13-30-20-9-5-3-7-18(20)24/h2-9,12,14-15,25H,10-11,13H2,1H3. The largest absolute Gasteiger partial charge is 0.484 e. The Bertz CT molecular complexity index is 1250. The lowest BCUT2D eigenvalue weighted by molar-refractivity contribution is 0.0995. The van der Waals surface area contributed by atoms with Gasteiger partial charge in [-0.3, -0.25) is 9.36 Å². The number of aromatic nitrogens is 4. The first-order valence-electron chi connectivity index (χ1n) is 10.2. The topological polar surface area (TPSA) is 72.8 Å². The highest BCUT2D eigenvalue weighted by Crippen LogP contribution is 2.40. The average molecular weight is 453 g/mol. The number of hydrogen-bond acceptors (Lipinski definition) is 5. The molecule has 1 N–H and O–H groups in total. The van der Waals surface area contributed by atoms with Crippen LogP contribution >= 0.6 is 23.4 Å². The van der Waals surface area contributed by atoms with Crippen LogP contribution in [0.5, 0.6) is 5.75 Å². The number of aromatic amines is 1. The van der Waals surface area contributed by atoms with E-state index in [9.17, 15) is 4.79 Å². The summed E-state index contributed by atoms with van der Waals surface area (Å²) in [7, 11) is 0. The summed E-state index contributed by atoms with van der Waals surface area (Å²) < 4.78 is 7.99. The van der Waals surface area contributed by atoms with E-state index in [2.05, 4.69) is 19.7 Å². The molecule has 5 rings (SSSR count). The third-order valence-electron chi connectivity index (χ3n) is 5.35. The van der Waals surface area contributed by atoms with Crippen LogP contribution in [0.1, 0.15) is 42.0 Å². The van der Waals surface area contributed by atoms with Crippen LogP contribution in [0.15, 0.2) is 59.9 Å². The predicted molar refractivity (Wildman–Crippen MR) is 122 cm³/mol. The van der Waals surface area contributed by atoms with Crippen molar-refractivity contribution in [3.8, 4) is 5.75 Å². The van der Waals surface area contributed by atoms with Gasteiger partial charge in [-0.15, -0.1) is 10.2 Å². The second-order valence-corrected chi connectivity index (χ2v) is 9.31. The minimum absolute atomic E-state index is 0.0710. The molecule has 2 heterocycles. The van der Waals surface area contributed by atoms with E-state index in [4.69, 9.17) is 16.3 Å². The van der Waals surface area contributed by atoms with Crippen molar-refractivity contribution in [1.82, 2.24) is 19.7 Å². The Morgan fingerprint density at radius 1 is 1.23 bits per heavy atom. The number of rotatable bonds is 8. The number of halogens is 1. The van der Waals surface area contributed by atoms with Crippen molar-refractivity contribution in [3.05, 3.63) is 71.1 Å². The number of nitrogens with one attached hydrogen (secondary N) is 1. The number of nitrogens with zero attached hydrogens (tertiary/aromatic N) is 3. The number of carbonyl (C=O) groups excluding carboxylic acids is 1. The maximum Gasteiger partial charge on any atom is 0.192 e. The molecule has 1 atom stereocenters. The van der Waals surface area contributed by atoms with Gasteiger partial charge in [-0.1, -0.05) is 53.7 Å². The fourth-order valence-electron chi connectivity index (χ4n) is 3.60. The molecule has 0 amide bonds. The molecule has 1 fully saturated rings. The molecule has 1 aliphatic rings. The smallest absolute Gasteiger partial charge is 0.192 e. The molecular formula is C23H21ClN4O2S. The number of H-pyrrole nitrogens is 1. The lowest BCUT2D eigenvalue weighted by Gasteiger charge is -2.13. The number of ketones is 1. The minimum atomic E-state index is -0.293. The molecule has 0 bridgehead atoms. The molecule has 8 heteroatoms. The van der Waals surface area contributed by atoms with Gasteiger partial charge in [0.1, 0.15) is 12.4 Å². The van der Waals surface area contributed by atoms with Gasteiger partial charge in [0.2, 0.25) is 0 Å². The van der Waals surface area contributed by atoms with Gasteiger partial charge < -0.3 is 9.72 Å². The predicted octanol–water partition coefficient (Wildman–Crippen LogP) is 5.69. The number of benzene rings is 2. The summed E-state index contributed by atoms with van der Waals surface area (Å²) in [6, 6.07) is 15.6. The van der Waals surface area contributed by atoms with E-state index in [0.717, 1.165) is 34.7 Å². The summed E-state index contributed by atoms with van der Waals surface area (Å²) in [5, 5.41) is 10.7. The number of fused-ring (bicyclic) bond motifs is 1. The first-order chi connectivity index (χ1) is 15.1. The molecule has 2 aromatic heterocycles. The van der Waals surface area contributed by atoms with Crippen molar-refractivity contribution in [2.24, 2.45) is 0 Å². The van der Waals surface area contributed by atoms with Crippen LogP contribution in [0.4, 0.5) is 0 Å². The Morgan fingerprint density at radius 2 is 2.00 bits per heavy atom. The Balaban J connectivity index is 1.34. The van der Waals surface area contributed by atoms with Crippen molar-refractivity contribution in [3.63, 3.8) is 0 Å². The van der Waals surface area contributed by atoms with Gasteiger partial charge in [-0.2, -0.15) is 0 Å². The van der Waals surface area contributed by atoms with Gasteiger partial charge in [0.25, 0.3) is 0 Å². The maximum absolute atomic E-state index is 13.1.